The van der Waals surface area contributed by atoms with Gasteiger partial charge in [-0.05, 0) is 24.6 Å². The lowest BCUT2D eigenvalue weighted by Crippen LogP contribution is -2.18. The van der Waals surface area contributed by atoms with Crippen molar-refractivity contribution in [1.82, 2.24) is 9.55 Å². The molecule has 0 radical (unpaired) electrons. The Morgan fingerprint density at radius 3 is 2.74 bits per heavy atom. The first-order chi connectivity index (χ1) is 9.20. The van der Waals surface area contributed by atoms with Crippen LogP contribution in [0.5, 0.6) is 0 Å². The average Bonchev–Trinajstić information content (AvgIpc) is 2.85. The Morgan fingerprint density at radius 2 is 2.05 bits per heavy atom. The van der Waals surface area contributed by atoms with Crippen LogP contribution < -0.4 is 5.56 Å². The Balaban J connectivity index is 2.24. The van der Waals surface area contributed by atoms with Crippen molar-refractivity contribution in [2.24, 2.45) is 0 Å². The summed E-state index contributed by atoms with van der Waals surface area (Å²) in [4.78, 5) is 16.6. The molecule has 0 spiro atoms. The lowest BCUT2D eigenvalue weighted by Gasteiger charge is -2.02. The first kappa shape index (κ1) is 12.6. The maximum atomic E-state index is 12.2. The molecule has 0 saturated carbocycles. The minimum atomic E-state index is 0.0425. The van der Waals surface area contributed by atoms with E-state index in [9.17, 15) is 4.79 Å². The van der Waals surface area contributed by atoms with Crippen LogP contribution in [-0.4, -0.2) is 9.55 Å². The second-order valence-corrected chi connectivity index (χ2v) is 5.97. The Bertz CT molecular complexity index is 789. The molecule has 0 aliphatic carbocycles. The minimum absolute atomic E-state index is 0.0425. The SMILES string of the molecule is CCn1cnc2c(-c3ccc(Br)cc3)csc2c1=O. The molecule has 0 atom stereocenters. The molecular formula is C14H11BrN2OS. The Hall–Kier alpha value is -1.46. The van der Waals surface area contributed by atoms with Gasteiger partial charge in [-0.15, -0.1) is 11.3 Å². The highest BCUT2D eigenvalue weighted by atomic mass is 79.9. The Morgan fingerprint density at radius 1 is 1.32 bits per heavy atom. The summed E-state index contributed by atoms with van der Waals surface area (Å²) < 4.78 is 3.39. The van der Waals surface area contributed by atoms with Crippen molar-refractivity contribution < 1.29 is 0 Å². The van der Waals surface area contributed by atoms with Gasteiger partial charge in [0.2, 0.25) is 0 Å². The maximum absolute atomic E-state index is 12.2. The van der Waals surface area contributed by atoms with Crippen LogP contribution in [0.1, 0.15) is 6.92 Å². The van der Waals surface area contributed by atoms with Crippen molar-refractivity contribution in [2.75, 3.05) is 0 Å². The molecule has 0 aliphatic heterocycles. The number of halogens is 1. The number of hydrogen-bond acceptors (Lipinski definition) is 3. The number of benzene rings is 1. The molecule has 3 aromatic rings. The molecule has 0 amide bonds. The molecular weight excluding hydrogens is 324 g/mol. The van der Waals surface area contributed by atoms with Crippen LogP contribution in [-0.2, 0) is 6.54 Å². The molecule has 0 N–H and O–H groups in total. The van der Waals surface area contributed by atoms with Crippen molar-refractivity contribution in [1.29, 1.82) is 0 Å². The summed E-state index contributed by atoms with van der Waals surface area (Å²) in [5, 5.41) is 2.00. The van der Waals surface area contributed by atoms with Crippen molar-refractivity contribution in [3.63, 3.8) is 0 Å². The zero-order chi connectivity index (χ0) is 13.4. The van der Waals surface area contributed by atoms with E-state index < -0.39 is 0 Å². The van der Waals surface area contributed by atoms with E-state index >= 15 is 0 Å². The Kier molecular flexibility index (Phi) is 3.24. The van der Waals surface area contributed by atoms with Gasteiger partial charge in [0.25, 0.3) is 5.56 Å². The number of nitrogens with zero attached hydrogens (tertiary/aromatic N) is 2. The van der Waals surface area contributed by atoms with Crippen molar-refractivity contribution in [3.8, 4) is 11.1 Å². The number of hydrogen-bond donors (Lipinski definition) is 0. The molecule has 2 heterocycles. The monoisotopic (exact) mass is 334 g/mol. The van der Waals surface area contributed by atoms with Crippen LogP contribution in [0.25, 0.3) is 21.3 Å². The van der Waals surface area contributed by atoms with E-state index in [0.29, 0.717) is 6.54 Å². The van der Waals surface area contributed by atoms with E-state index in [1.807, 2.05) is 36.6 Å². The highest BCUT2D eigenvalue weighted by molar-refractivity contribution is 9.10. The van der Waals surface area contributed by atoms with Crippen molar-refractivity contribution in [2.45, 2.75) is 13.5 Å². The van der Waals surface area contributed by atoms with Gasteiger partial charge < -0.3 is 0 Å². The second kappa shape index (κ2) is 4.90. The normalized spacial score (nSPS) is 11.1. The van der Waals surface area contributed by atoms with Gasteiger partial charge in [0.05, 0.1) is 11.8 Å². The Labute approximate surface area is 122 Å². The first-order valence-electron chi connectivity index (χ1n) is 5.93. The number of aromatic nitrogens is 2. The summed E-state index contributed by atoms with van der Waals surface area (Å²) in [6.07, 6.45) is 1.62. The quantitative estimate of drug-likeness (QED) is 0.712. The van der Waals surface area contributed by atoms with Crippen LogP contribution in [0.3, 0.4) is 0 Å². The van der Waals surface area contributed by atoms with Gasteiger partial charge in [-0.2, -0.15) is 0 Å². The standard InChI is InChI=1S/C14H11BrN2OS/c1-2-17-8-16-12-11(7-19-13(12)14(17)18)9-3-5-10(15)6-4-9/h3-8H,2H2,1H3. The molecule has 0 unspecified atom stereocenters. The molecule has 96 valence electrons. The lowest BCUT2D eigenvalue weighted by atomic mass is 10.1. The number of thiophene rings is 1. The van der Waals surface area contributed by atoms with E-state index in [4.69, 9.17) is 0 Å². The molecule has 0 bridgehead atoms. The molecule has 1 aromatic carbocycles. The molecule has 3 nitrogen and oxygen atoms in total. The summed E-state index contributed by atoms with van der Waals surface area (Å²) >= 11 is 4.88. The fraction of sp³-hybridized carbons (Fsp3) is 0.143. The fourth-order valence-corrected chi connectivity index (χ4v) is 3.24. The summed E-state index contributed by atoms with van der Waals surface area (Å²) in [6.45, 7) is 2.59. The van der Waals surface area contributed by atoms with Crippen LogP contribution >= 0.6 is 27.3 Å². The predicted molar refractivity (Wildman–Crippen MR) is 82.7 cm³/mol. The van der Waals surface area contributed by atoms with Crippen LogP contribution in [0.2, 0.25) is 0 Å². The highest BCUT2D eigenvalue weighted by Gasteiger charge is 2.11. The zero-order valence-electron chi connectivity index (χ0n) is 10.3. The van der Waals surface area contributed by atoms with E-state index in [2.05, 4.69) is 20.9 Å². The largest absolute Gasteiger partial charge is 0.298 e. The van der Waals surface area contributed by atoms with Crippen molar-refractivity contribution >= 4 is 37.5 Å². The number of rotatable bonds is 2. The van der Waals surface area contributed by atoms with E-state index in [0.717, 1.165) is 25.8 Å². The smallest absolute Gasteiger partial charge is 0.271 e. The second-order valence-electron chi connectivity index (χ2n) is 4.17. The van der Waals surface area contributed by atoms with Gasteiger partial charge in [-0.1, -0.05) is 28.1 Å². The molecule has 0 fully saturated rings. The van der Waals surface area contributed by atoms with E-state index in [1.165, 1.54) is 11.3 Å². The molecule has 0 saturated heterocycles. The number of fused-ring (bicyclic) bond motifs is 1. The minimum Gasteiger partial charge on any atom is -0.298 e. The van der Waals surface area contributed by atoms with Gasteiger partial charge >= 0.3 is 0 Å². The average molecular weight is 335 g/mol. The summed E-state index contributed by atoms with van der Waals surface area (Å²) in [5.41, 5.74) is 2.94. The molecule has 3 rings (SSSR count). The van der Waals surface area contributed by atoms with Crippen LogP contribution in [0.4, 0.5) is 0 Å². The zero-order valence-corrected chi connectivity index (χ0v) is 12.7. The maximum Gasteiger partial charge on any atom is 0.271 e. The van der Waals surface area contributed by atoms with Gasteiger partial charge in [-0.3, -0.25) is 9.36 Å². The van der Waals surface area contributed by atoms with Gasteiger partial charge in [0.1, 0.15) is 4.70 Å². The van der Waals surface area contributed by atoms with Gasteiger partial charge in [-0.25, -0.2) is 4.98 Å². The summed E-state index contributed by atoms with van der Waals surface area (Å²) in [5.74, 6) is 0. The molecule has 19 heavy (non-hydrogen) atoms. The predicted octanol–water partition coefficient (Wildman–Crippen LogP) is 3.91. The fourth-order valence-electron chi connectivity index (χ4n) is 2.00. The molecule has 5 heteroatoms. The third-order valence-electron chi connectivity index (χ3n) is 3.04. The lowest BCUT2D eigenvalue weighted by molar-refractivity contribution is 0.719. The topological polar surface area (TPSA) is 34.9 Å². The third-order valence-corrected chi connectivity index (χ3v) is 4.53. The van der Waals surface area contributed by atoms with Gasteiger partial charge in [0, 0.05) is 22.0 Å². The highest BCUT2D eigenvalue weighted by Crippen LogP contribution is 2.31. The van der Waals surface area contributed by atoms with Gasteiger partial charge in [0.15, 0.2) is 0 Å². The third kappa shape index (κ3) is 2.13. The van der Waals surface area contributed by atoms with Crippen LogP contribution in [0.15, 0.2) is 45.2 Å². The number of aryl methyl sites for hydroxylation is 1. The van der Waals surface area contributed by atoms with Crippen molar-refractivity contribution in [3.05, 3.63) is 50.8 Å². The van der Waals surface area contributed by atoms with Crippen LogP contribution in [0, 0.1) is 0 Å². The molecule has 2 aromatic heterocycles. The summed E-state index contributed by atoms with van der Waals surface area (Å²) in [7, 11) is 0. The van der Waals surface area contributed by atoms with E-state index in [1.54, 1.807) is 10.9 Å². The molecule has 0 aliphatic rings. The first-order valence-corrected chi connectivity index (χ1v) is 7.60. The summed E-state index contributed by atoms with van der Waals surface area (Å²) in [6, 6.07) is 8.04. The van der Waals surface area contributed by atoms with E-state index in [-0.39, 0.29) is 5.56 Å².